The van der Waals surface area contributed by atoms with Gasteiger partial charge in [-0.3, -0.25) is 0 Å². The first-order chi connectivity index (χ1) is 10.9. The SMILES string of the molecule is C(=CC(Cc1ccccc1)c1ccccc1)c1ccccc1. The molecule has 0 saturated carbocycles. The van der Waals surface area contributed by atoms with Crippen LogP contribution in [-0.2, 0) is 6.42 Å². The van der Waals surface area contributed by atoms with Gasteiger partial charge in [-0.2, -0.15) is 0 Å². The van der Waals surface area contributed by atoms with E-state index in [-0.39, 0.29) is 0 Å². The Labute approximate surface area is 132 Å². The van der Waals surface area contributed by atoms with Crippen molar-refractivity contribution >= 4 is 6.08 Å². The van der Waals surface area contributed by atoms with E-state index < -0.39 is 0 Å². The molecule has 3 aromatic carbocycles. The van der Waals surface area contributed by atoms with E-state index in [0.29, 0.717) is 5.92 Å². The molecule has 108 valence electrons. The zero-order valence-electron chi connectivity index (χ0n) is 12.6. The first-order valence-corrected chi connectivity index (χ1v) is 7.74. The summed E-state index contributed by atoms with van der Waals surface area (Å²) < 4.78 is 0. The Morgan fingerprint density at radius 2 is 1.18 bits per heavy atom. The normalized spacial score (nSPS) is 12.4. The summed E-state index contributed by atoms with van der Waals surface area (Å²) in [6.45, 7) is 0. The fourth-order valence-electron chi connectivity index (χ4n) is 2.66. The number of allylic oxidation sites excluding steroid dienone is 1. The monoisotopic (exact) mass is 284 g/mol. The second kappa shape index (κ2) is 7.42. The molecule has 0 aliphatic rings. The Morgan fingerprint density at radius 1 is 0.636 bits per heavy atom. The molecule has 1 atom stereocenters. The summed E-state index contributed by atoms with van der Waals surface area (Å²) in [7, 11) is 0. The van der Waals surface area contributed by atoms with Gasteiger partial charge in [0.1, 0.15) is 0 Å². The Morgan fingerprint density at radius 3 is 1.82 bits per heavy atom. The van der Waals surface area contributed by atoms with Crippen LogP contribution in [0, 0.1) is 0 Å². The van der Waals surface area contributed by atoms with Crippen LogP contribution < -0.4 is 0 Å². The quantitative estimate of drug-likeness (QED) is 0.561. The van der Waals surface area contributed by atoms with Gasteiger partial charge >= 0.3 is 0 Å². The molecule has 0 N–H and O–H groups in total. The molecule has 0 heterocycles. The first-order valence-electron chi connectivity index (χ1n) is 7.74. The van der Waals surface area contributed by atoms with Crippen LogP contribution in [0.3, 0.4) is 0 Å². The van der Waals surface area contributed by atoms with Crippen LogP contribution >= 0.6 is 0 Å². The fourth-order valence-corrected chi connectivity index (χ4v) is 2.66. The summed E-state index contributed by atoms with van der Waals surface area (Å²) in [5, 5.41) is 0. The first kappa shape index (κ1) is 14.3. The molecule has 0 fully saturated rings. The van der Waals surface area contributed by atoms with Gasteiger partial charge in [0.2, 0.25) is 0 Å². The van der Waals surface area contributed by atoms with Gasteiger partial charge < -0.3 is 0 Å². The second-order valence-corrected chi connectivity index (χ2v) is 5.48. The predicted molar refractivity (Wildman–Crippen MR) is 94.8 cm³/mol. The largest absolute Gasteiger partial charge is 0.0761 e. The van der Waals surface area contributed by atoms with E-state index in [1.807, 2.05) is 0 Å². The van der Waals surface area contributed by atoms with Crippen LogP contribution in [0.25, 0.3) is 6.08 Å². The number of hydrogen-bond acceptors (Lipinski definition) is 0. The third-order valence-corrected chi connectivity index (χ3v) is 3.85. The maximum Gasteiger partial charge on any atom is 0.00617 e. The van der Waals surface area contributed by atoms with E-state index in [2.05, 4.69) is 103 Å². The highest BCUT2D eigenvalue weighted by Crippen LogP contribution is 2.23. The van der Waals surface area contributed by atoms with Gasteiger partial charge in [0.05, 0.1) is 0 Å². The van der Waals surface area contributed by atoms with Gasteiger partial charge in [-0.1, -0.05) is 103 Å². The average molecular weight is 284 g/mol. The lowest BCUT2D eigenvalue weighted by molar-refractivity contribution is 0.839. The summed E-state index contributed by atoms with van der Waals surface area (Å²) in [5.41, 5.74) is 3.98. The summed E-state index contributed by atoms with van der Waals surface area (Å²) in [6, 6.07) is 31.9. The summed E-state index contributed by atoms with van der Waals surface area (Å²) in [4.78, 5) is 0. The van der Waals surface area contributed by atoms with Crippen LogP contribution in [0.5, 0.6) is 0 Å². The lowest BCUT2D eigenvalue weighted by Gasteiger charge is -2.13. The van der Waals surface area contributed by atoms with Gasteiger partial charge in [0.25, 0.3) is 0 Å². The molecular weight excluding hydrogens is 264 g/mol. The Hall–Kier alpha value is -2.60. The highest BCUT2D eigenvalue weighted by molar-refractivity contribution is 5.50. The van der Waals surface area contributed by atoms with Gasteiger partial charge in [0.15, 0.2) is 0 Å². The minimum absolute atomic E-state index is 0.392. The van der Waals surface area contributed by atoms with E-state index in [4.69, 9.17) is 0 Å². The molecule has 3 aromatic rings. The maximum atomic E-state index is 2.32. The third kappa shape index (κ3) is 3.95. The third-order valence-electron chi connectivity index (χ3n) is 3.85. The second-order valence-electron chi connectivity index (χ2n) is 5.48. The van der Waals surface area contributed by atoms with Crippen molar-refractivity contribution < 1.29 is 0 Å². The van der Waals surface area contributed by atoms with E-state index >= 15 is 0 Å². The maximum absolute atomic E-state index is 2.32. The molecule has 0 saturated heterocycles. The topological polar surface area (TPSA) is 0 Å². The smallest absolute Gasteiger partial charge is 0.00617 e. The summed E-state index contributed by atoms with van der Waals surface area (Å²) >= 11 is 0. The molecule has 22 heavy (non-hydrogen) atoms. The van der Waals surface area contributed by atoms with Gasteiger partial charge in [-0.05, 0) is 23.1 Å². The van der Waals surface area contributed by atoms with E-state index in [9.17, 15) is 0 Å². The van der Waals surface area contributed by atoms with Crippen molar-refractivity contribution in [1.29, 1.82) is 0 Å². The Balaban J connectivity index is 1.85. The predicted octanol–water partition coefficient (Wildman–Crippen LogP) is 5.73. The molecule has 0 nitrogen and oxygen atoms in total. The van der Waals surface area contributed by atoms with Crippen LogP contribution in [0.2, 0.25) is 0 Å². The van der Waals surface area contributed by atoms with Gasteiger partial charge in [-0.25, -0.2) is 0 Å². The summed E-state index contributed by atoms with van der Waals surface area (Å²) in [6.07, 6.45) is 5.56. The lowest BCUT2D eigenvalue weighted by Crippen LogP contribution is -1.99. The van der Waals surface area contributed by atoms with Crippen molar-refractivity contribution in [3.63, 3.8) is 0 Å². The molecule has 1 unspecified atom stereocenters. The lowest BCUT2D eigenvalue weighted by atomic mass is 9.91. The molecule has 0 aliphatic heterocycles. The van der Waals surface area contributed by atoms with Crippen LogP contribution in [0.15, 0.2) is 97.1 Å². The number of hydrogen-bond donors (Lipinski definition) is 0. The van der Waals surface area contributed by atoms with E-state index in [0.717, 1.165) is 6.42 Å². The molecule has 0 amide bonds. The van der Waals surface area contributed by atoms with Gasteiger partial charge in [-0.15, -0.1) is 0 Å². The molecule has 0 spiro atoms. The van der Waals surface area contributed by atoms with Crippen LogP contribution in [0.1, 0.15) is 22.6 Å². The Bertz CT molecular complexity index is 697. The fraction of sp³-hybridized carbons (Fsp3) is 0.0909. The highest BCUT2D eigenvalue weighted by atomic mass is 14.1. The minimum Gasteiger partial charge on any atom is -0.0761 e. The minimum atomic E-state index is 0.392. The zero-order valence-corrected chi connectivity index (χ0v) is 12.6. The summed E-state index contributed by atoms with van der Waals surface area (Å²) in [5.74, 6) is 0.392. The zero-order chi connectivity index (χ0) is 15.0. The van der Waals surface area contributed by atoms with Crippen molar-refractivity contribution in [2.24, 2.45) is 0 Å². The Kier molecular flexibility index (Phi) is 4.84. The molecule has 0 aliphatic carbocycles. The molecule has 0 bridgehead atoms. The molecule has 0 radical (unpaired) electrons. The van der Waals surface area contributed by atoms with Crippen molar-refractivity contribution in [3.05, 3.63) is 114 Å². The molecule has 0 heteroatoms. The van der Waals surface area contributed by atoms with Crippen molar-refractivity contribution in [1.82, 2.24) is 0 Å². The van der Waals surface area contributed by atoms with Crippen LogP contribution in [-0.4, -0.2) is 0 Å². The molecule has 3 rings (SSSR count). The van der Waals surface area contributed by atoms with Crippen molar-refractivity contribution in [2.45, 2.75) is 12.3 Å². The highest BCUT2D eigenvalue weighted by Gasteiger charge is 2.08. The van der Waals surface area contributed by atoms with Crippen molar-refractivity contribution in [3.8, 4) is 0 Å². The molecule has 0 aromatic heterocycles. The number of rotatable bonds is 5. The number of benzene rings is 3. The average Bonchev–Trinajstić information content (AvgIpc) is 2.61. The standard InChI is InChI=1S/C22H20/c1-4-10-19(11-5-1)16-17-22(21-14-8-3-9-15-21)18-20-12-6-2-7-13-20/h1-17,22H,18H2. The van der Waals surface area contributed by atoms with Crippen molar-refractivity contribution in [2.75, 3.05) is 0 Å². The van der Waals surface area contributed by atoms with E-state index in [1.54, 1.807) is 0 Å². The van der Waals surface area contributed by atoms with Crippen LogP contribution in [0.4, 0.5) is 0 Å². The molecular formula is C22H20. The van der Waals surface area contributed by atoms with E-state index in [1.165, 1.54) is 16.7 Å². The van der Waals surface area contributed by atoms with Gasteiger partial charge in [0, 0.05) is 5.92 Å².